The minimum atomic E-state index is -1.30. The Morgan fingerprint density at radius 1 is 1.00 bits per heavy atom. The van der Waals surface area contributed by atoms with Crippen LogP contribution in [0.1, 0.15) is 17.4 Å². The summed E-state index contributed by atoms with van der Waals surface area (Å²) in [5.74, 6) is -1.16. The number of hydrogen-bond acceptors (Lipinski definition) is 6. The van der Waals surface area contributed by atoms with E-state index in [1.54, 1.807) is 0 Å². The SMILES string of the molecule is O=c1[nH]c(=O)n([C@@H]2O[C@H](COCc3ccccc3)[C@@H](OCc3ccccc3)[C@H]2O)cc1F. The van der Waals surface area contributed by atoms with Crippen molar-refractivity contribution >= 4 is 0 Å². The summed E-state index contributed by atoms with van der Waals surface area (Å²) in [5, 5.41) is 10.9. The molecule has 4 rings (SSSR count). The van der Waals surface area contributed by atoms with Crippen LogP contribution in [0.4, 0.5) is 4.39 Å². The van der Waals surface area contributed by atoms with Crippen LogP contribution in [0, 0.1) is 5.82 Å². The molecular weight excluding hydrogens is 419 g/mol. The number of nitrogens with one attached hydrogen (secondary N) is 1. The number of H-pyrrole nitrogens is 1. The molecule has 1 saturated heterocycles. The number of rotatable bonds is 8. The molecule has 0 amide bonds. The fourth-order valence-electron chi connectivity index (χ4n) is 3.57. The molecule has 0 unspecified atom stereocenters. The lowest BCUT2D eigenvalue weighted by molar-refractivity contribution is -0.0834. The molecule has 2 heterocycles. The molecule has 1 aliphatic rings. The summed E-state index contributed by atoms with van der Waals surface area (Å²) >= 11 is 0. The maximum absolute atomic E-state index is 13.8. The zero-order valence-corrected chi connectivity index (χ0v) is 17.1. The Labute approximate surface area is 182 Å². The predicted molar refractivity (Wildman–Crippen MR) is 112 cm³/mol. The second-order valence-corrected chi connectivity index (χ2v) is 7.46. The second kappa shape index (κ2) is 10.0. The van der Waals surface area contributed by atoms with Gasteiger partial charge in [-0.05, 0) is 11.1 Å². The van der Waals surface area contributed by atoms with Crippen molar-refractivity contribution < 1.29 is 23.7 Å². The van der Waals surface area contributed by atoms with Gasteiger partial charge in [0.25, 0.3) is 5.56 Å². The summed E-state index contributed by atoms with van der Waals surface area (Å²) in [6.45, 7) is 0.589. The maximum atomic E-state index is 13.8. The highest BCUT2D eigenvalue weighted by molar-refractivity contribution is 5.14. The highest BCUT2D eigenvalue weighted by Gasteiger charge is 2.46. The van der Waals surface area contributed by atoms with Crippen LogP contribution in [0.2, 0.25) is 0 Å². The van der Waals surface area contributed by atoms with Crippen LogP contribution < -0.4 is 11.2 Å². The normalized spacial score (nSPS) is 22.8. The van der Waals surface area contributed by atoms with Crippen molar-refractivity contribution in [3.8, 4) is 0 Å². The van der Waals surface area contributed by atoms with Gasteiger partial charge in [-0.2, -0.15) is 4.39 Å². The van der Waals surface area contributed by atoms with Crippen molar-refractivity contribution in [3.63, 3.8) is 0 Å². The Hall–Kier alpha value is -3.11. The molecule has 1 aliphatic heterocycles. The maximum Gasteiger partial charge on any atom is 0.330 e. The largest absolute Gasteiger partial charge is 0.386 e. The third kappa shape index (κ3) is 5.03. The number of aromatic amines is 1. The summed E-state index contributed by atoms with van der Waals surface area (Å²) in [4.78, 5) is 25.4. The van der Waals surface area contributed by atoms with Crippen LogP contribution in [0.5, 0.6) is 0 Å². The van der Waals surface area contributed by atoms with E-state index in [9.17, 15) is 19.1 Å². The quantitative estimate of drug-likeness (QED) is 0.551. The second-order valence-electron chi connectivity index (χ2n) is 7.46. The van der Waals surface area contributed by atoms with Crippen molar-refractivity contribution in [2.45, 2.75) is 37.8 Å². The Balaban J connectivity index is 1.51. The highest BCUT2D eigenvalue weighted by Crippen LogP contribution is 2.31. The predicted octanol–water partition coefficient (Wildman–Crippen LogP) is 1.74. The first-order valence-corrected chi connectivity index (χ1v) is 10.1. The van der Waals surface area contributed by atoms with Crippen molar-refractivity contribution in [2.75, 3.05) is 6.61 Å². The van der Waals surface area contributed by atoms with Crippen LogP contribution in [0.25, 0.3) is 0 Å². The summed E-state index contributed by atoms with van der Waals surface area (Å²) in [6, 6.07) is 18.9. The number of aromatic nitrogens is 2. The molecule has 8 nitrogen and oxygen atoms in total. The average molecular weight is 442 g/mol. The van der Waals surface area contributed by atoms with Gasteiger partial charge in [0.05, 0.1) is 26.0 Å². The molecule has 168 valence electrons. The first-order chi connectivity index (χ1) is 15.5. The Bertz CT molecular complexity index is 1130. The topological polar surface area (TPSA) is 103 Å². The van der Waals surface area contributed by atoms with Crippen molar-refractivity contribution in [3.05, 3.63) is 105 Å². The van der Waals surface area contributed by atoms with E-state index in [1.165, 1.54) is 0 Å². The van der Waals surface area contributed by atoms with Gasteiger partial charge in [0.1, 0.15) is 18.3 Å². The van der Waals surface area contributed by atoms with Crippen LogP contribution in [0.3, 0.4) is 0 Å². The van der Waals surface area contributed by atoms with Gasteiger partial charge in [-0.25, -0.2) is 4.79 Å². The van der Waals surface area contributed by atoms with E-state index in [1.807, 2.05) is 65.6 Å². The molecule has 0 spiro atoms. The third-order valence-electron chi connectivity index (χ3n) is 5.19. The lowest BCUT2D eigenvalue weighted by atomic mass is 10.1. The van der Waals surface area contributed by atoms with Crippen molar-refractivity contribution in [1.82, 2.24) is 9.55 Å². The van der Waals surface area contributed by atoms with Gasteiger partial charge in [-0.3, -0.25) is 14.3 Å². The number of aliphatic hydroxyl groups is 1. The number of halogens is 1. The molecule has 0 aliphatic carbocycles. The number of nitrogens with zero attached hydrogens (tertiary/aromatic N) is 1. The first-order valence-electron chi connectivity index (χ1n) is 10.1. The van der Waals surface area contributed by atoms with Crippen molar-refractivity contribution in [2.24, 2.45) is 0 Å². The molecule has 1 fully saturated rings. The lowest BCUT2D eigenvalue weighted by Crippen LogP contribution is -2.39. The molecular formula is C23H23FN2O6. The van der Waals surface area contributed by atoms with E-state index in [4.69, 9.17) is 14.2 Å². The summed E-state index contributed by atoms with van der Waals surface area (Å²) in [6.07, 6.45) is -3.41. The Kier molecular flexibility index (Phi) is 6.91. The van der Waals surface area contributed by atoms with Gasteiger partial charge in [0, 0.05) is 0 Å². The third-order valence-corrected chi connectivity index (χ3v) is 5.19. The molecule has 0 radical (unpaired) electrons. The summed E-state index contributed by atoms with van der Waals surface area (Å²) in [5.41, 5.74) is -0.186. The van der Waals surface area contributed by atoms with E-state index < -0.39 is 41.6 Å². The van der Waals surface area contributed by atoms with Gasteiger partial charge >= 0.3 is 5.69 Å². The highest BCUT2D eigenvalue weighted by atomic mass is 19.1. The first kappa shape index (κ1) is 22.1. The summed E-state index contributed by atoms with van der Waals surface area (Å²) in [7, 11) is 0. The van der Waals surface area contributed by atoms with E-state index in [0.29, 0.717) is 6.61 Å². The van der Waals surface area contributed by atoms with E-state index >= 15 is 0 Å². The molecule has 3 aromatic rings. The number of ether oxygens (including phenoxy) is 3. The average Bonchev–Trinajstić information content (AvgIpc) is 3.11. The van der Waals surface area contributed by atoms with Gasteiger partial charge in [-0.15, -0.1) is 0 Å². The molecule has 4 atom stereocenters. The Morgan fingerprint density at radius 2 is 1.62 bits per heavy atom. The zero-order chi connectivity index (χ0) is 22.5. The molecule has 1 aromatic heterocycles. The van der Waals surface area contributed by atoms with Crippen LogP contribution in [-0.2, 0) is 27.4 Å². The number of hydrogen-bond donors (Lipinski definition) is 2. The van der Waals surface area contributed by atoms with Crippen molar-refractivity contribution in [1.29, 1.82) is 0 Å². The smallest absolute Gasteiger partial charge is 0.330 e. The molecule has 2 aromatic carbocycles. The zero-order valence-electron chi connectivity index (χ0n) is 17.1. The van der Waals surface area contributed by atoms with Gasteiger partial charge in [0.15, 0.2) is 6.23 Å². The molecule has 9 heteroatoms. The molecule has 0 saturated carbocycles. The molecule has 0 bridgehead atoms. The summed E-state index contributed by atoms with van der Waals surface area (Å²) < 4.78 is 32.1. The van der Waals surface area contributed by atoms with Crippen LogP contribution in [0.15, 0.2) is 76.4 Å². The van der Waals surface area contributed by atoms with Gasteiger partial charge in [0.2, 0.25) is 5.82 Å². The van der Waals surface area contributed by atoms with Crippen LogP contribution >= 0.6 is 0 Å². The fourth-order valence-corrected chi connectivity index (χ4v) is 3.57. The lowest BCUT2D eigenvalue weighted by Gasteiger charge is -2.21. The monoisotopic (exact) mass is 442 g/mol. The van der Waals surface area contributed by atoms with E-state index in [-0.39, 0.29) is 13.2 Å². The minimum Gasteiger partial charge on any atom is -0.386 e. The van der Waals surface area contributed by atoms with Gasteiger partial charge < -0.3 is 19.3 Å². The fraction of sp³-hybridized carbons (Fsp3) is 0.304. The number of aliphatic hydroxyl groups excluding tert-OH is 1. The molecule has 32 heavy (non-hydrogen) atoms. The van der Waals surface area contributed by atoms with E-state index in [0.717, 1.165) is 21.9 Å². The van der Waals surface area contributed by atoms with E-state index in [2.05, 4.69) is 0 Å². The standard InChI is InChI=1S/C23H23FN2O6/c24-17-11-26(23(29)25-21(17)28)22-19(27)20(31-13-16-9-5-2-6-10-16)18(32-22)14-30-12-15-7-3-1-4-8-15/h1-11,18-20,22,27H,12-14H2,(H,25,28,29)/t18-,19-,20-,22-/m1/s1. The van der Waals surface area contributed by atoms with Crippen LogP contribution in [-0.4, -0.2) is 39.6 Å². The number of benzene rings is 2. The Morgan fingerprint density at radius 3 is 2.28 bits per heavy atom. The van der Waals surface area contributed by atoms with Gasteiger partial charge in [-0.1, -0.05) is 60.7 Å². The minimum absolute atomic E-state index is 0.0719. The molecule has 2 N–H and O–H groups in total.